The van der Waals surface area contributed by atoms with E-state index in [9.17, 15) is 4.79 Å². The predicted octanol–water partition coefficient (Wildman–Crippen LogP) is 5.59. The SMILES string of the molecule is O=C(CNc1ccc(I)cc1)N/N=C\c1ccc(OCc2cccc3ccccc23)cc1. The van der Waals surface area contributed by atoms with Crippen LogP contribution in [0.1, 0.15) is 11.1 Å². The number of hydrogen-bond donors (Lipinski definition) is 2. The normalized spacial score (nSPS) is 10.9. The Labute approximate surface area is 200 Å². The summed E-state index contributed by atoms with van der Waals surface area (Å²) < 4.78 is 7.10. The number of rotatable bonds is 8. The van der Waals surface area contributed by atoms with E-state index in [-0.39, 0.29) is 12.5 Å². The van der Waals surface area contributed by atoms with Crippen LogP contribution in [0, 0.1) is 3.57 Å². The first-order valence-electron chi connectivity index (χ1n) is 10.2. The Kier molecular flexibility index (Phi) is 7.34. The van der Waals surface area contributed by atoms with Gasteiger partial charge in [-0.05, 0) is 93.0 Å². The fourth-order valence-electron chi connectivity index (χ4n) is 3.20. The van der Waals surface area contributed by atoms with Gasteiger partial charge in [0.05, 0.1) is 12.8 Å². The Balaban J connectivity index is 1.25. The molecule has 4 rings (SSSR count). The van der Waals surface area contributed by atoms with Crippen LogP contribution in [0.25, 0.3) is 10.8 Å². The van der Waals surface area contributed by atoms with Gasteiger partial charge in [-0.2, -0.15) is 5.10 Å². The van der Waals surface area contributed by atoms with Crippen molar-refractivity contribution < 1.29 is 9.53 Å². The summed E-state index contributed by atoms with van der Waals surface area (Å²) in [5.74, 6) is 0.565. The second kappa shape index (κ2) is 10.8. The highest BCUT2D eigenvalue weighted by molar-refractivity contribution is 14.1. The number of hydrazone groups is 1. The van der Waals surface area contributed by atoms with E-state index in [1.165, 1.54) is 10.8 Å². The predicted molar refractivity (Wildman–Crippen MR) is 138 cm³/mol. The van der Waals surface area contributed by atoms with Gasteiger partial charge in [-0.25, -0.2) is 5.43 Å². The quantitative estimate of drug-likeness (QED) is 0.176. The van der Waals surface area contributed by atoms with E-state index in [2.05, 4.69) is 62.7 Å². The lowest BCUT2D eigenvalue weighted by atomic mass is 10.1. The molecule has 0 radical (unpaired) electrons. The van der Waals surface area contributed by atoms with Crippen molar-refractivity contribution in [3.05, 3.63) is 106 Å². The van der Waals surface area contributed by atoms with Gasteiger partial charge in [0.2, 0.25) is 0 Å². The van der Waals surface area contributed by atoms with Gasteiger partial charge in [0.15, 0.2) is 0 Å². The molecule has 0 saturated heterocycles. The maximum absolute atomic E-state index is 11.9. The molecule has 1 amide bonds. The van der Waals surface area contributed by atoms with Crippen LogP contribution in [0.4, 0.5) is 5.69 Å². The third kappa shape index (κ3) is 6.07. The van der Waals surface area contributed by atoms with Crippen molar-refractivity contribution in [1.82, 2.24) is 5.43 Å². The number of nitrogens with zero attached hydrogens (tertiary/aromatic N) is 1. The molecule has 0 saturated carbocycles. The van der Waals surface area contributed by atoms with E-state index in [0.717, 1.165) is 26.1 Å². The highest BCUT2D eigenvalue weighted by Gasteiger charge is 2.02. The summed E-state index contributed by atoms with van der Waals surface area (Å²) >= 11 is 2.24. The molecular weight excluding hydrogens is 513 g/mol. The van der Waals surface area contributed by atoms with Crippen molar-refractivity contribution in [3.63, 3.8) is 0 Å². The van der Waals surface area contributed by atoms with Crippen LogP contribution in [-0.4, -0.2) is 18.7 Å². The molecule has 5 nitrogen and oxygen atoms in total. The van der Waals surface area contributed by atoms with Gasteiger partial charge in [0.1, 0.15) is 12.4 Å². The number of carbonyl (C=O) groups is 1. The molecule has 0 unspecified atom stereocenters. The second-order valence-corrected chi connectivity index (χ2v) is 8.40. The van der Waals surface area contributed by atoms with Crippen LogP contribution >= 0.6 is 22.6 Å². The van der Waals surface area contributed by atoms with Crippen molar-refractivity contribution in [2.45, 2.75) is 6.61 Å². The van der Waals surface area contributed by atoms with Crippen molar-refractivity contribution in [2.24, 2.45) is 5.10 Å². The fourth-order valence-corrected chi connectivity index (χ4v) is 3.56. The van der Waals surface area contributed by atoms with Crippen LogP contribution in [0.15, 0.2) is 96.1 Å². The van der Waals surface area contributed by atoms with Gasteiger partial charge >= 0.3 is 0 Å². The van der Waals surface area contributed by atoms with Crippen molar-refractivity contribution in [1.29, 1.82) is 0 Å². The minimum Gasteiger partial charge on any atom is -0.489 e. The Hall–Kier alpha value is -3.39. The van der Waals surface area contributed by atoms with Crippen LogP contribution in [0.5, 0.6) is 5.75 Å². The molecule has 160 valence electrons. The van der Waals surface area contributed by atoms with Crippen molar-refractivity contribution in [3.8, 4) is 5.75 Å². The monoisotopic (exact) mass is 535 g/mol. The lowest BCUT2D eigenvalue weighted by Crippen LogP contribution is -2.25. The summed E-state index contributed by atoms with van der Waals surface area (Å²) in [7, 11) is 0. The molecule has 0 spiro atoms. The average Bonchev–Trinajstić information content (AvgIpc) is 2.83. The Bertz CT molecular complexity index is 1220. The standard InChI is InChI=1S/C26H22IN3O2/c27-22-10-12-23(13-11-22)28-17-26(31)30-29-16-19-8-14-24(15-9-19)32-18-21-6-3-5-20-4-1-2-7-25(20)21/h1-16,28H,17-18H2,(H,30,31)/b29-16-. The molecular formula is C26H22IN3O2. The van der Waals surface area contributed by atoms with Gasteiger partial charge in [0.25, 0.3) is 5.91 Å². The molecule has 0 heterocycles. The van der Waals surface area contributed by atoms with Gasteiger partial charge in [-0.15, -0.1) is 0 Å². The molecule has 4 aromatic rings. The van der Waals surface area contributed by atoms with E-state index in [4.69, 9.17) is 4.74 Å². The topological polar surface area (TPSA) is 62.7 Å². The number of amides is 1. The number of carbonyl (C=O) groups excluding carboxylic acids is 1. The summed E-state index contributed by atoms with van der Waals surface area (Å²) in [6, 6.07) is 29.9. The van der Waals surface area contributed by atoms with E-state index < -0.39 is 0 Å². The van der Waals surface area contributed by atoms with Gasteiger partial charge in [-0.3, -0.25) is 4.79 Å². The third-order valence-corrected chi connectivity index (χ3v) is 5.57. The van der Waals surface area contributed by atoms with Gasteiger partial charge < -0.3 is 10.1 Å². The van der Waals surface area contributed by atoms with E-state index in [1.807, 2.05) is 66.7 Å². The maximum atomic E-state index is 11.9. The molecule has 0 atom stereocenters. The average molecular weight is 535 g/mol. The smallest absolute Gasteiger partial charge is 0.259 e. The molecule has 0 aliphatic rings. The third-order valence-electron chi connectivity index (χ3n) is 4.85. The Morgan fingerprint density at radius 2 is 1.66 bits per heavy atom. The molecule has 0 aliphatic heterocycles. The van der Waals surface area contributed by atoms with E-state index in [1.54, 1.807) is 6.21 Å². The summed E-state index contributed by atoms with van der Waals surface area (Å²) in [6.07, 6.45) is 1.61. The molecule has 0 fully saturated rings. The number of benzene rings is 4. The number of fused-ring (bicyclic) bond motifs is 1. The number of nitrogens with one attached hydrogen (secondary N) is 2. The largest absolute Gasteiger partial charge is 0.489 e. The molecule has 6 heteroatoms. The fraction of sp³-hybridized carbons (Fsp3) is 0.0769. The van der Waals surface area contributed by atoms with E-state index in [0.29, 0.717) is 6.61 Å². The Morgan fingerprint density at radius 1 is 0.906 bits per heavy atom. The minimum absolute atomic E-state index is 0.152. The molecule has 0 aromatic heterocycles. The van der Waals surface area contributed by atoms with Gasteiger partial charge in [0, 0.05) is 9.26 Å². The van der Waals surface area contributed by atoms with Gasteiger partial charge in [-0.1, -0.05) is 42.5 Å². The second-order valence-electron chi connectivity index (χ2n) is 7.15. The Morgan fingerprint density at radius 3 is 2.47 bits per heavy atom. The number of halogens is 1. The summed E-state index contributed by atoms with van der Waals surface area (Å²) in [5.41, 5.74) is 5.44. The minimum atomic E-state index is -0.213. The highest BCUT2D eigenvalue weighted by atomic mass is 127. The summed E-state index contributed by atoms with van der Waals surface area (Å²) in [5, 5.41) is 9.48. The zero-order valence-electron chi connectivity index (χ0n) is 17.3. The molecule has 4 aromatic carbocycles. The molecule has 0 bridgehead atoms. The number of anilines is 1. The van der Waals surface area contributed by atoms with Crippen LogP contribution in [0.3, 0.4) is 0 Å². The molecule has 2 N–H and O–H groups in total. The lowest BCUT2D eigenvalue weighted by molar-refractivity contribution is -0.119. The number of hydrogen-bond acceptors (Lipinski definition) is 4. The first-order chi connectivity index (χ1) is 15.7. The van der Waals surface area contributed by atoms with Crippen LogP contribution < -0.4 is 15.5 Å². The van der Waals surface area contributed by atoms with Crippen LogP contribution in [-0.2, 0) is 11.4 Å². The van der Waals surface area contributed by atoms with Crippen LogP contribution in [0.2, 0.25) is 0 Å². The number of ether oxygens (including phenoxy) is 1. The lowest BCUT2D eigenvalue weighted by Gasteiger charge is -2.09. The summed E-state index contributed by atoms with van der Waals surface area (Å²) in [4.78, 5) is 11.9. The molecule has 0 aliphatic carbocycles. The molecule has 32 heavy (non-hydrogen) atoms. The highest BCUT2D eigenvalue weighted by Crippen LogP contribution is 2.21. The first-order valence-corrected chi connectivity index (χ1v) is 11.3. The zero-order valence-corrected chi connectivity index (χ0v) is 19.5. The maximum Gasteiger partial charge on any atom is 0.259 e. The zero-order chi connectivity index (χ0) is 22.2. The van der Waals surface area contributed by atoms with Crippen molar-refractivity contribution >= 4 is 51.2 Å². The summed E-state index contributed by atoms with van der Waals surface area (Å²) in [6.45, 7) is 0.650. The van der Waals surface area contributed by atoms with E-state index >= 15 is 0 Å². The van der Waals surface area contributed by atoms with Crippen molar-refractivity contribution in [2.75, 3.05) is 11.9 Å². The first kappa shape index (κ1) is 21.8.